The predicted octanol–water partition coefficient (Wildman–Crippen LogP) is 2.51. The maximum atomic E-state index is 12.8. The van der Waals surface area contributed by atoms with Crippen molar-refractivity contribution in [1.29, 1.82) is 0 Å². The number of hydrogen-bond acceptors (Lipinski definition) is 5. The smallest absolute Gasteiger partial charge is 0.294 e. The number of piperidine rings is 1. The van der Waals surface area contributed by atoms with Crippen LogP contribution in [0.1, 0.15) is 18.4 Å². The highest BCUT2D eigenvalue weighted by molar-refractivity contribution is 6.30. The molecule has 1 N–H and O–H groups in total. The summed E-state index contributed by atoms with van der Waals surface area (Å²) in [7, 11) is 1.70. The van der Waals surface area contributed by atoms with Gasteiger partial charge in [-0.2, -0.15) is 0 Å². The van der Waals surface area contributed by atoms with Crippen molar-refractivity contribution in [2.45, 2.75) is 19.4 Å². The summed E-state index contributed by atoms with van der Waals surface area (Å²) >= 11 is 6.00. The lowest BCUT2D eigenvalue weighted by atomic mass is 9.97. The van der Waals surface area contributed by atoms with Crippen LogP contribution in [0.2, 0.25) is 5.02 Å². The summed E-state index contributed by atoms with van der Waals surface area (Å²) < 4.78 is 1.51. The monoisotopic (exact) mass is 411 g/mol. The molecule has 0 spiro atoms. The van der Waals surface area contributed by atoms with Crippen molar-refractivity contribution in [2.75, 3.05) is 18.0 Å². The SMILES string of the molecule is Cn1c(=O)c(N2CCCC(C(=O)NCc3cccc(Cl)c3)C2)nc2cccnc21. The maximum Gasteiger partial charge on any atom is 0.294 e. The molecule has 1 saturated heterocycles. The second-order valence-electron chi connectivity index (χ2n) is 7.28. The number of aromatic nitrogens is 3. The molecule has 1 atom stereocenters. The van der Waals surface area contributed by atoms with Gasteiger partial charge in [-0.15, -0.1) is 0 Å². The van der Waals surface area contributed by atoms with Crippen molar-refractivity contribution in [3.63, 3.8) is 0 Å². The fraction of sp³-hybridized carbons (Fsp3) is 0.333. The Morgan fingerprint density at radius 3 is 3.00 bits per heavy atom. The highest BCUT2D eigenvalue weighted by Crippen LogP contribution is 2.21. The molecule has 29 heavy (non-hydrogen) atoms. The van der Waals surface area contributed by atoms with E-state index in [2.05, 4.69) is 15.3 Å². The van der Waals surface area contributed by atoms with Gasteiger partial charge in [0.25, 0.3) is 5.56 Å². The highest BCUT2D eigenvalue weighted by atomic mass is 35.5. The van der Waals surface area contributed by atoms with Crippen LogP contribution in [0.25, 0.3) is 11.2 Å². The fourth-order valence-corrected chi connectivity index (χ4v) is 3.93. The van der Waals surface area contributed by atoms with E-state index < -0.39 is 0 Å². The van der Waals surface area contributed by atoms with Crippen LogP contribution in [0.15, 0.2) is 47.4 Å². The number of fused-ring (bicyclic) bond motifs is 1. The van der Waals surface area contributed by atoms with Crippen LogP contribution in [0, 0.1) is 5.92 Å². The molecule has 0 radical (unpaired) electrons. The zero-order chi connectivity index (χ0) is 20.4. The molecule has 0 saturated carbocycles. The molecular weight excluding hydrogens is 390 g/mol. The third kappa shape index (κ3) is 4.10. The Morgan fingerprint density at radius 2 is 2.17 bits per heavy atom. The van der Waals surface area contributed by atoms with E-state index in [1.54, 1.807) is 25.4 Å². The Labute approximate surface area is 173 Å². The number of nitrogens with zero attached hydrogens (tertiary/aromatic N) is 4. The van der Waals surface area contributed by atoms with Gasteiger partial charge in [0.05, 0.1) is 5.92 Å². The Balaban J connectivity index is 1.50. The van der Waals surface area contributed by atoms with E-state index >= 15 is 0 Å². The van der Waals surface area contributed by atoms with E-state index in [1.165, 1.54) is 4.57 Å². The van der Waals surface area contributed by atoms with E-state index in [-0.39, 0.29) is 17.4 Å². The lowest BCUT2D eigenvalue weighted by Crippen LogP contribution is -2.45. The van der Waals surface area contributed by atoms with E-state index in [1.807, 2.05) is 29.2 Å². The van der Waals surface area contributed by atoms with Crippen LogP contribution in [-0.4, -0.2) is 33.5 Å². The molecule has 8 heteroatoms. The molecule has 0 bridgehead atoms. The summed E-state index contributed by atoms with van der Waals surface area (Å²) in [6.45, 7) is 1.60. The van der Waals surface area contributed by atoms with E-state index in [4.69, 9.17) is 11.6 Å². The van der Waals surface area contributed by atoms with Gasteiger partial charge in [0.15, 0.2) is 11.5 Å². The van der Waals surface area contributed by atoms with E-state index in [0.717, 1.165) is 18.4 Å². The Bertz CT molecular complexity index is 1110. The van der Waals surface area contributed by atoms with Gasteiger partial charge < -0.3 is 10.2 Å². The molecular formula is C21H22ClN5O2. The van der Waals surface area contributed by atoms with Crippen molar-refractivity contribution in [3.05, 3.63) is 63.5 Å². The average Bonchev–Trinajstić information content (AvgIpc) is 2.75. The number of benzene rings is 1. The standard InChI is InChI=1S/C21H22ClN5O2/c1-26-18-17(8-3-9-23-18)25-19(21(26)29)27-10-4-6-15(13-27)20(28)24-12-14-5-2-7-16(22)11-14/h2-3,5,7-9,11,15H,4,6,10,12-13H2,1H3,(H,24,28). The van der Waals surface area contributed by atoms with E-state index in [0.29, 0.717) is 41.6 Å². The van der Waals surface area contributed by atoms with Crippen molar-refractivity contribution >= 4 is 34.5 Å². The van der Waals surface area contributed by atoms with Crippen molar-refractivity contribution in [1.82, 2.24) is 19.9 Å². The zero-order valence-corrected chi connectivity index (χ0v) is 16.9. The second-order valence-corrected chi connectivity index (χ2v) is 7.72. The van der Waals surface area contributed by atoms with Gasteiger partial charge in [0, 0.05) is 37.9 Å². The lowest BCUT2D eigenvalue weighted by Gasteiger charge is -2.32. The number of pyridine rings is 1. The number of anilines is 1. The van der Waals surface area contributed by atoms with Gasteiger partial charge in [-0.25, -0.2) is 9.97 Å². The van der Waals surface area contributed by atoms with Crippen LogP contribution >= 0.6 is 11.6 Å². The molecule has 150 valence electrons. The Morgan fingerprint density at radius 1 is 1.31 bits per heavy atom. The van der Waals surface area contributed by atoms with Crippen molar-refractivity contribution in [2.24, 2.45) is 13.0 Å². The van der Waals surface area contributed by atoms with Gasteiger partial charge >= 0.3 is 0 Å². The number of hydrogen-bond donors (Lipinski definition) is 1. The minimum atomic E-state index is -0.198. The topological polar surface area (TPSA) is 80.1 Å². The number of carbonyl (C=O) groups is 1. The fourth-order valence-electron chi connectivity index (χ4n) is 3.71. The molecule has 1 unspecified atom stereocenters. The van der Waals surface area contributed by atoms with Crippen molar-refractivity contribution < 1.29 is 4.79 Å². The van der Waals surface area contributed by atoms with Gasteiger partial charge in [-0.1, -0.05) is 23.7 Å². The minimum Gasteiger partial charge on any atom is -0.352 e. The number of rotatable bonds is 4. The first kappa shape index (κ1) is 19.4. The van der Waals surface area contributed by atoms with Crippen molar-refractivity contribution in [3.8, 4) is 0 Å². The van der Waals surface area contributed by atoms with Gasteiger partial charge in [0.1, 0.15) is 5.52 Å². The zero-order valence-electron chi connectivity index (χ0n) is 16.1. The lowest BCUT2D eigenvalue weighted by molar-refractivity contribution is -0.125. The number of nitrogens with one attached hydrogen (secondary N) is 1. The summed E-state index contributed by atoms with van der Waals surface area (Å²) in [5.74, 6) is 0.160. The van der Waals surface area contributed by atoms with Crippen LogP contribution < -0.4 is 15.8 Å². The predicted molar refractivity (Wildman–Crippen MR) is 113 cm³/mol. The molecule has 7 nitrogen and oxygen atoms in total. The first-order valence-electron chi connectivity index (χ1n) is 9.62. The van der Waals surface area contributed by atoms with Crippen LogP contribution in [-0.2, 0) is 18.4 Å². The molecule has 1 fully saturated rings. The summed E-state index contributed by atoms with van der Waals surface area (Å²) in [4.78, 5) is 36.2. The molecule has 3 aromatic rings. The number of aryl methyl sites for hydroxylation is 1. The highest BCUT2D eigenvalue weighted by Gasteiger charge is 2.28. The summed E-state index contributed by atoms with van der Waals surface area (Å²) in [5.41, 5.74) is 1.97. The molecule has 4 rings (SSSR count). The van der Waals surface area contributed by atoms with Gasteiger partial charge in [-0.3, -0.25) is 14.2 Å². The van der Waals surface area contributed by atoms with Crippen LogP contribution in [0.4, 0.5) is 5.82 Å². The molecule has 3 heterocycles. The summed E-state index contributed by atoms with van der Waals surface area (Å²) in [6.07, 6.45) is 3.25. The summed E-state index contributed by atoms with van der Waals surface area (Å²) in [5, 5.41) is 3.63. The van der Waals surface area contributed by atoms with Crippen LogP contribution in [0.3, 0.4) is 0 Å². The normalized spacial score (nSPS) is 16.8. The summed E-state index contributed by atoms with van der Waals surface area (Å²) in [6, 6.07) is 11.1. The molecule has 2 aromatic heterocycles. The van der Waals surface area contributed by atoms with Gasteiger partial charge in [-0.05, 0) is 42.7 Å². The van der Waals surface area contributed by atoms with E-state index in [9.17, 15) is 9.59 Å². The third-order valence-electron chi connectivity index (χ3n) is 5.25. The second kappa shape index (κ2) is 8.21. The third-order valence-corrected chi connectivity index (χ3v) is 5.49. The first-order chi connectivity index (χ1) is 14.0. The number of halogens is 1. The molecule has 1 aliphatic rings. The molecule has 0 aliphatic carbocycles. The number of carbonyl (C=O) groups excluding carboxylic acids is 1. The average molecular weight is 412 g/mol. The van der Waals surface area contributed by atoms with Gasteiger partial charge in [0.2, 0.25) is 5.91 Å². The minimum absolute atomic E-state index is 0.0195. The maximum absolute atomic E-state index is 12.8. The first-order valence-corrected chi connectivity index (χ1v) is 9.99. The Kier molecular flexibility index (Phi) is 5.49. The molecule has 1 aromatic carbocycles. The Hall–Kier alpha value is -2.93. The number of amides is 1. The quantitative estimate of drug-likeness (QED) is 0.713. The molecule has 1 amide bonds. The largest absolute Gasteiger partial charge is 0.352 e. The molecule has 1 aliphatic heterocycles. The van der Waals surface area contributed by atoms with Crippen LogP contribution in [0.5, 0.6) is 0 Å².